The number of hydrogen-bond donors (Lipinski definition) is 1. The van der Waals surface area contributed by atoms with Crippen molar-refractivity contribution in [1.82, 2.24) is 20.0 Å². The number of imide groups is 1. The van der Waals surface area contributed by atoms with E-state index < -0.39 is 6.04 Å². The first kappa shape index (κ1) is 26.0. The molecule has 0 bridgehead atoms. The second-order valence-electron chi connectivity index (χ2n) is 12.2. The highest BCUT2D eigenvalue weighted by molar-refractivity contribution is 6.05. The van der Waals surface area contributed by atoms with Gasteiger partial charge in [0.05, 0.1) is 0 Å². The van der Waals surface area contributed by atoms with Crippen LogP contribution >= 0.6 is 0 Å². The summed E-state index contributed by atoms with van der Waals surface area (Å²) in [6.45, 7) is 5.90. The van der Waals surface area contributed by atoms with Crippen LogP contribution in [-0.2, 0) is 27.5 Å². The molecule has 4 fully saturated rings. The van der Waals surface area contributed by atoms with E-state index in [1.54, 1.807) is 4.90 Å². The molecule has 0 radical (unpaired) electrons. The number of carbonyl (C=O) groups excluding carboxylic acids is 4. The van der Waals surface area contributed by atoms with E-state index in [0.717, 1.165) is 43.0 Å². The van der Waals surface area contributed by atoms with Crippen LogP contribution in [0.3, 0.4) is 0 Å². The Morgan fingerprint density at radius 1 is 0.976 bits per heavy atom. The maximum Gasteiger partial charge on any atom is 0.410 e. The minimum atomic E-state index is -0.586. The molecule has 1 atom stereocenters. The van der Waals surface area contributed by atoms with Crippen molar-refractivity contribution in [3.05, 3.63) is 65.2 Å². The highest BCUT2D eigenvalue weighted by Crippen LogP contribution is 2.51. The molecule has 1 aliphatic carbocycles. The van der Waals surface area contributed by atoms with E-state index in [2.05, 4.69) is 21.2 Å². The van der Waals surface area contributed by atoms with Crippen LogP contribution < -0.4 is 10.2 Å². The van der Waals surface area contributed by atoms with Crippen LogP contribution in [0.15, 0.2) is 48.5 Å². The number of fused-ring (bicyclic) bond motifs is 1. The molecule has 4 amide bonds. The largest absolute Gasteiger partial charge is 0.445 e. The highest BCUT2D eigenvalue weighted by atomic mass is 16.6. The fourth-order valence-corrected chi connectivity index (χ4v) is 7.24. The van der Waals surface area contributed by atoms with Gasteiger partial charge in [-0.25, -0.2) is 4.79 Å². The first-order valence-electron chi connectivity index (χ1n) is 14.6. The van der Waals surface area contributed by atoms with Gasteiger partial charge in [0.15, 0.2) is 0 Å². The predicted molar refractivity (Wildman–Crippen MR) is 150 cm³/mol. The number of carbonyl (C=O) groups is 4. The first-order chi connectivity index (χ1) is 19.9. The molecule has 1 saturated carbocycles. The zero-order valence-electron chi connectivity index (χ0n) is 23.1. The van der Waals surface area contributed by atoms with E-state index in [4.69, 9.17) is 4.74 Å². The molecule has 5 aliphatic rings. The first-order valence-corrected chi connectivity index (χ1v) is 14.6. The summed E-state index contributed by atoms with van der Waals surface area (Å²) in [7, 11) is 0. The van der Waals surface area contributed by atoms with Crippen LogP contribution in [0, 0.1) is 5.41 Å². The third-order valence-electron chi connectivity index (χ3n) is 9.56. The van der Waals surface area contributed by atoms with Crippen molar-refractivity contribution in [2.75, 3.05) is 44.2 Å². The molecule has 10 heteroatoms. The number of ether oxygens (including phenoxy) is 1. The van der Waals surface area contributed by atoms with Crippen LogP contribution in [0.1, 0.15) is 47.2 Å². The Labute approximate surface area is 239 Å². The molecule has 7 rings (SSSR count). The molecule has 2 aromatic rings. The summed E-state index contributed by atoms with van der Waals surface area (Å²) < 4.78 is 5.51. The Bertz CT molecular complexity index is 1370. The number of anilines is 1. The number of piperazine rings is 1. The van der Waals surface area contributed by atoms with Crippen LogP contribution in [0.5, 0.6) is 0 Å². The van der Waals surface area contributed by atoms with E-state index in [9.17, 15) is 19.2 Å². The number of nitrogens with one attached hydrogen (secondary N) is 1. The van der Waals surface area contributed by atoms with Gasteiger partial charge in [0.25, 0.3) is 5.91 Å². The Balaban J connectivity index is 0.872. The second-order valence-corrected chi connectivity index (χ2v) is 12.2. The summed E-state index contributed by atoms with van der Waals surface area (Å²) in [4.78, 5) is 57.7. The van der Waals surface area contributed by atoms with Gasteiger partial charge in [-0.3, -0.25) is 24.6 Å². The summed E-state index contributed by atoms with van der Waals surface area (Å²) in [6, 6.07) is 15.7. The summed E-state index contributed by atoms with van der Waals surface area (Å²) >= 11 is 0. The van der Waals surface area contributed by atoms with Crippen LogP contribution in [0.4, 0.5) is 10.5 Å². The molecule has 10 nitrogen and oxygen atoms in total. The lowest BCUT2D eigenvalue weighted by molar-refractivity contribution is -0.136. The average molecular weight is 558 g/mol. The second kappa shape index (κ2) is 10.2. The van der Waals surface area contributed by atoms with Crippen molar-refractivity contribution >= 4 is 29.5 Å². The van der Waals surface area contributed by atoms with Gasteiger partial charge in [-0.05, 0) is 48.6 Å². The van der Waals surface area contributed by atoms with Gasteiger partial charge in [0, 0.05) is 74.9 Å². The monoisotopic (exact) mass is 557 g/mol. The minimum Gasteiger partial charge on any atom is -0.445 e. The molecule has 4 aliphatic heterocycles. The lowest BCUT2D eigenvalue weighted by Crippen LogP contribution is -2.68. The normalized spacial score (nSPS) is 24.1. The lowest BCUT2D eigenvalue weighted by Gasteiger charge is -2.62. The predicted octanol–water partition coefficient (Wildman–Crippen LogP) is 2.37. The average Bonchev–Trinajstić information content (AvgIpc) is 3.26. The van der Waals surface area contributed by atoms with E-state index >= 15 is 0 Å². The summed E-state index contributed by atoms with van der Waals surface area (Å²) in [5.74, 6) is -0.784. The number of benzene rings is 2. The smallest absolute Gasteiger partial charge is 0.410 e. The van der Waals surface area contributed by atoms with Crippen molar-refractivity contribution in [3.8, 4) is 0 Å². The number of hydrogen-bond acceptors (Lipinski definition) is 7. The van der Waals surface area contributed by atoms with E-state index in [0.29, 0.717) is 49.7 Å². The molecular weight excluding hydrogens is 522 g/mol. The fourth-order valence-electron chi connectivity index (χ4n) is 7.24. The van der Waals surface area contributed by atoms with Gasteiger partial charge >= 0.3 is 6.09 Å². The Morgan fingerprint density at radius 2 is 1.73 bits per heavy atom. The van der Waals surface area contributed by atoms with Gasteiger partial charge in [-0.1, -0.05) is 30.3 Å². The molecule has 4 heterocycles. The fraction of sp³-hybridized carbons (Fsp3) is 0.484. The zero-order chi connectivity index (χ0) is 28.1. The molecule has 1 spiro atoms. The van der Waals surface area contributed by atoms with E-state index in [-0.39, 0.29) is 30.2 Å². The lowest BCUT2D eigenvalue weighted by atomic mass is 9.60. The van der Waals surface area contributed by atoms with Crippen LogP contribution in [0.2, 0.25) is 0 Å². The van der Waals surface area contributed by atoms with Crippen molar-refractivity contribution in [2.45, 2.75) is 50.9 Å². The molecule has 41 heavy (non-hydrogen) atoms. The summed E-state index contributed by atoms with van der Waals surface area (Å²) in [6.07, 6.45) is 2.75. The number of amides is 4. The molecule has 1 N–H and O–H groups in total. The van der Waals surface area contributed by atoms with Crippen molar-refractivity contribution < 1.29 is 23.9 Å². The molecule has 2 aromatic carbocycles. The highest BCUT2D eigenvalue weighted by Gasteiger charge is 2.54. The molecule has 0 aromatic heterocycles. The summed E-state index contributed by atoms with van der Waals surface area (Å²) in [5.41, 5.74) is 4.07. The Kier molecular flexibility index (Phi) is 6.45. The van der Waals surface area contributed by atoms with E-state index in [1.807, 2.05) is 47.4 Å². The topological polar surface area (TPSA) is 102 Å². The number of rotatable bonds is 5. The molecule has 3 saturated heterocycles. The van der Waals surface area contributed by atoms with Gasteiger partial charge in [-0.15, -0.1) is 0 Å². The van der Waals surface area contributed by atoms with Gasteiger partial charge in [0.2, 0.25) is 11.8 Å². The van der Waals surface area contributed by atoms with E-state index in [1.165, 1.54) is 12.8 Å². The minimum absolute atomic E-state index is 0.132. The van der Waals surface area contributed by atoms with Crippen molar-refractivity contribution in [3.63, 3.8) is 0 Å². The standard InChI is InChI=1S/C31H35N5O5/c37-27-9-8-26(28(38)32-27)36-17-22-14-23(6-7-25(22)29(36)39)35-19-31(20-35)15-24(16-31)33-10-12-34(13-11-33)30(40)41-18-21-4-2-1-3-5-21/h1-7,14,24,26H,8-13,15-20H2,(H,32,37,38). The number of nitrogens with zero attached hydrogens (tertiary/aromatic N) is 4. The maximum absolute atomic E-state index is 13.0. The summed E-state index contributed by atoms with van der Waals surface area (Å²) in [5, 5.41) is 2.36. The maximum atomic E-state index is 13.0. The third-order valence-corrected chi connectivity index (χ3v) is 9.56. The molecule has 1 unspecified atom stereocenters. The SMILES string of the molecule is O=C1CCC(N2Cc3cc(N4CC5(CC(N6CCN(C(=O)OCc7ccccc7)CC6)C5)C4)ccc3C2=O)C(=O)N1. The molecular formula is C31H35N5O5. The number of piperidine rings is 1. The van der Waals surface area contributed by atoms with Crippen molar-refractivity contribution in [1.29, 1.82) is 0 Å². The third kappa shape index (κ3) is 4.84. The van der Waals surface area contributed by atoms with Gasteiger partial charge in [0.1, 0.15) is 12.6 Å². The Morgan fingerprint density at radius 3 is 2.46 bits per heavy atom. The Hall–Kier alpha value is -3.92. The van der Waals surface area contributed by atoms with Gasteiger partial charge < -0.3 is 19.4 Å². The van der Waals surface area contributed by atoms with Crippen LogP contribution in [-0.4, -0.2) is 89.9 Å². The molecule has 214 valence electrons. The zero-order valence-corrected chi connectivity index (χ0v) is 23.1. The van der Waals surface area contributed by atoms with Crippen molar-refractivity contribution in [2.24, 2.45) is 5.41 Å². The van der Waals surface area contributed by atoms with Gasteiger partial charge in [-0.2, -0.15) is 0 Å². The quantitative estimate of drug-likeness (QED) is 0.564. The van der Waals surface area contributed by atoms with Crippen LogP contribution in [0.25, 0.3) is 0 Å².